The summed E-state index contributed by atoms with van der Waals surface area (Å²) in [4.78, 5) is 25.0. The first-order chi connectivity index (χ1) is 7.20. The molecule has 0 saturated carbocycles. The second-order valence-electron chi connectivity index (χ2n) is 2.95. The van der Waals surface area contributed by atoms with Crippen molar-refractivity contribution in [3.63, 3.8) is 0 Å². The molecular weight excluding hydrogens is 214 g/mol. The molecule has 0 aliphatic carbocycles. The SMILES string of the molecule is CCOC(=O)c1ccc2sc(=O)[nH]c2c1. The topological polar surface area (TPSA) is 59.2 Å². The molecule has 0 unspecified atom stereocenters. The third kappa shape index (κ3) is 1.92. The summed E-state index contributed by atoms with van der Waals surface area (Å²) in [5.41, 5.74) is 1.13. The second kappa shape index (κ2) is 3.86. The predicted octanol–water partition coefficient (Wildman–Crippen LogP) is 1.77. The highest BCUT2D eigenvalue weighted by atomic mass is 32.1. The Balaban J connectivity index is 2.46. The molecule has 0 saturated heterocycles. The third-order valence-corrected chi connectivity index (χ3v) is 2.79. The van der Waals surface area contributed by atoms with Gasteiger partial charge in [0.25, 0.3) is 0 Å². The summed E-state index contributed by atoms with van der Waals surface area (Å²) < 4.78 is 5.70. The zero-order valence-electron chi connectivity index (χ0n) is 8.07. The van der Waals surface area contributed by atoms with Gasteiger partial charge in [0.15, 0.2) is 0 Å². The van der Waals surface area contributed by atoms with Crippen molar-refractivity contribution in [3.8, 4) is 0 Å². The zero-order chi connectivity index (χ0) is 10.8. The minimum absolute atomic E-state index is 0.119. The van der Waals surface area contributed by atoms with E-state index < -0.39 is 0 Å². The highest BCUT2D eigenvalue weighted by Crippen LogP contribution is 2.16. The van der Waals surface area contributed by atoms with Gasteiger partial charge in [-0.25, -0.2) is 4.79 Å². The Labute approximate surface area is 89.5 Å². The lowest BCUT2D eigenvalue weighted by Gasteiger charge is -2.00. The van der Waals surface area contributed by atoms with Crippen LogP contribution in [0.15, 0.2) is 23.0 Å². The molecule has 4 nitrogen and oxygen atoms in total. The molecule has 0 bridgehead atoms. The van der Waals surface area contributed by atoms with E-state index in [4.69, 9.17) is 4.74 Å². The monoisotopic (exact) mass is 223 g/mol. The van der Waals surface area contributed by atoms with Crippen LogP contribution in [0.2, 0.25) is 0 Å². The maximum atomic E-state index is 11.4. The number of fused-ring (bicyclic) bond motifs is 1. The van der Waals surface area contributed by atoms with Crippen molar-refractivity contribution in [1.82, 2.24) is 4.98 Å². The van der Waals surface area contributed by atoms with Gasteiger partial charge in [0.1, 0.15) is 0 Å². The summed E-state index contributed by atoms with van der Waals surface area (Å²) in [6, 6.07) is 5.03. The second-order valence-corrected chi connectivity index (χ2v) is 3.96. The van der Waals surface area contributed by atoms with Crippen LogP contribution in [0, 0.1) is 0 Å². The lowest BCUT2D eigenvalue weighted by Crippen LogP contribution is -2.04. The Morgan fingerprint density at radius 1 is 1.53 bits per heavy atom. The lowest BCUT2D eigenvalue weighted by atomic mass is 10.2. The quantitative estimate of drug-likeness (QED) is 0.789. The van der Waals surface area contributed by atoms with Crippen LogP contribution in [0.5, 0.6) is 0 Å². The standard InChI is InChI=1S/C10H9NO3S/c1-2-14-9(12)6-3-4-8-7(5-6)11-10(13)15-8/h3-5H,2H2,1H3,(H,11,13). The van der Waals surface area contributed by atoms with Crippen molar-refractivity contribution < 1.29 is 9.53 Å². The van der Waals surface area contributed by atoms with Gasteiger partial charge in [-0.15, -0.1) is 0 Å². The maximum Gasteiger partial charge on any atom is 0.338 e. The molecule has 2 aromatic rings. The minimum Gasteiger partial charge on any atom is -0.462 e. The van der Waals surface area contributed by atoms with Gasteiger partial charge in [0.05, 0.1) is 22.4 Å². The molecule has 0 aliphatic heterocycles. The average molecular weight is 223 g/mol. The first kappa shape index (κ1) is 9.92. The van der Waals surface area contributed by atoms with Crippen molar-refractivity contribution in [2.24, 2.45) is 0 Å². The van der Waals surface area contributed by atoms with Crippen molar-refractivity contribution in [1.29, 1.82) is 0 Å². The molecule has 0 spiro atoms. The fourth-order valence-corrected chi connectivity index (χ4v) is 2.01. The summed E-state index contributed by atoms with van der Waals surface area (Å²) in [6.07, 6.45) is 0. The van der Waals surface area contributed by atoms with E-state index >= 15 is 0 Å². The third-order valence-electron chi connectivity index (χ3n) is 1.93. The van der Waals surface area contributed by atoms with Crippen molar-refractivity contribution in [3.05, 3.63) is 33.4 Å². The Morgan fingerprint density at radius 3 is 3.07 bits per heavy atom. The number of aromatic nitrogens is 1. The number of nitrogens with one attached hydrogen (secondary N) is 1. The smallest absolute Gasteiger partial charge is 0.338 e. The first-order valence-electron chi connectivity index (χ1n) is 4.50. The molecule has 0 fully saturated rings. The molecule has 15 heavy (non-hydrogen) atoms. The van der Waals surface area contributed by atoms with Crippen LogP contribution in [-0.4, -0.2) is 17.6 Å². The van der Waals surface area contributed by atoms with Gasteiger partial charge in [0, 0.05) is 0 Å². The number of carbonyl (C=O) groups is 1. The number of esters is 1. The fraction of sp³-hybridized carbons (Fsp3) is 0.200. The van der Waals surface area contributed by atoms with Gasteiger partial charge in [-0.05, 0) is 25.1 Å². The zero-order valence-corrected chi connectivity index (χ0v) is 8.89. The Morgan fingerprint density at radius 2 is 2.33 bits per heavy atom. The first-order valence-corrected chi connectivity index (χ1v) is 5.32. The predicted molar refractivity (Wildman–Crippen MR) is 58.4 cm³/mol. The Hall–Kier alpha value is -1.62. The number of hydrogen-bond donors (Lipinski definition) is 1. The van der Waals surface area contributed by atoms with E-state index in [9.17, 15) is 9.59 Å². The number of carbonyl (C=O) groups excluding carboxylic acids is 1. The number of ether oxygens (including phenoxy) is 1. The van der Waals surface area contributed by atoms with Crippen molar-refractivity contribution >= 4 is 27.5 Å². The maximum absolute atomic E-state index is 11.4. The van der Waals surface area contributed by atoms with Crippen LogP contribution >= 0.6 is 11.3 Å². The van der Waals surface area contributed by atoms with Crippen LogP contribution in [0.4, 0.5) is 0 Å². The van der Waals surface area contributed by atoms with Gasteiger partial charge in [-0.1, -0.05) is 11.3 Å². The summed E-state index contributed by atoms with van der Waals surface area (Å²) in [7, 11) is 0. The van der Waals surface area contributed by atoms with E-state index in [0.29, 0.717) is 17.7 Å². The summed E-state index contributed by atoms with van der Waals surface area (Å²) in [6.45, 7) is 2.10. The highest BCUT2D eigenvalue weighted by molar-refractivity contribution is 7.16. The van der Waals surface area contributed by atoms with Gasteiger partial charge in [-0.3, -0.25) is 4.79 Å². The number of thiazole rings is 1. The molecule has 0 atom stereocenters. The van der Waals surface area contributed by atoms with Crippen molar-refractivity contribution in [2.75, 3.05) is 6.61 Å². The minimum atomic E-state index is -0.369. The van der Waals surface area contributed by atoms with Crippen LogP contribution in [0.25, 0.3) is 10.2 Å². The number of benzene rings is 1. The molecule has 5 heteroatoms. The van der Waals surface area contributed by atoms with Gasteiger partial charge < -0.3 is 9.72 Å². The Bertz CT molecular complexity index is 555. The summed E-state index contributed by atoms with van der Waals surface area (Å²) >= 11 is 1.12. The van der Waals surface area contributed by atoms with E-state index in [1.165, 1.54) is 0 Å². The van der Waals surface area contributed by atoms with Crippen molar-refractivity contribution in [2.45, 2.75) is 6.92 Å². The Kier molecular flexibility index (Phi) is 2.55. The van der Waals surface area contributed by atoms with E-state index in [2.05, 4.69) is 4.98 Å². The molecule has 2 rings (SSSR count). The number of H-pyrrole nitrogens is 1. The molecule has 0 amide bonds. The van der Waals surface area contributed by atoms with Gasteiger partial charge in [-0.2, -0.15) is 0 Å². The molecule has 78 valence electrons. The highest BCUT2D eigenvalue weighted by Gasteiger charge is 2.08. The average Bonchev–Trinajstić information content (AvgIpc) is 2.57. The molecule has 0 aliphatic rings. The fourth-order valence-electron chi connectivity index (χ4n) is 1.29. The lowest BCUT2D eigenvalue weighted by molar-refractivity contribution is 0.0526. The van der Waals surface area contributed by atoms with E-state index in [0.717, 1.165) is 16.0 Å². The number of rotatable bonds is 2. The van der Waals surface area contributed by atoms with Gasteiger partial charge in [0.2, 0.25) is 0 Å². The van der Waals surface area contributed by atoms with Crippen LogP contribution in [0.3, 0.4) is 0 Å². The summed E-state index contributed by atoms with van der Waals surface area (Å²) in [5.74, 6) is -0.369. The normalized spacial score (nSPS) is 10.5. The summed E-state index contributed by atoms with van der Waals surface area (Å²) in [5, 5.41) is 0. The molecule has 1 N–H and O–H groups in total. The van der Waals surface area contributed by atoms with Crippen LogP contribution in [-0.2, 0) is 4.74 Å². The molecule has 0 radical (unpaired) electrons. The van der Waals surface area contributed by atoms with E-state index in [1.54, 1.807) is 25.1 Å². The largest absolute Gasteiger partial charge is 0.462 e. The van der Waals surface area contributed by atoms with Crippen LogP contribution in [0.1, 0.15) is 17.3 Å². The molecule has 1 heterocycles. The molecule has 1 aromatic carbocycles. The van der Waals surface area contributed by atoms with Crippen LogP contribution < -0.4 is 4.87 Å². The van der Waals surface area contributed by atoms with E-state index in [1.807, 2.05) is 0 Å². The molecular formula is C10H9NO3S. The van der Waals surface area contributed by atoms with Gasteiger partial charge >= 0.3 is 10.8 Å². The number of aromatic amines is 1. The number of hydrogen-bond acceptors (Lipinski definition) is 4. The van der Waals surface area contributed by atoms with E-state index in [-0.39, 0.29) is 10.8 Å². The molecule has 1 aromatic heterocycles.